The van der Waals surface area contributed by atoms with E-state index in [2.05, 4.69) is 29.5 Å². The summed E-state index contributed by atoms with van der Waals surface area (Å²) in [4.78, 5) is 16.0. The minimum Gasteiger partial charge on any atom is -0.371 e. The SMILES string of the molecule is Cc1cnc2c(c1)N[C@@H](CC(C)C)C(=O)N2. The van der Waals surface area contributed by atoms with Crippen molar-refractivity contribution in [2.45, 2.75) is 33.2 Å². The molecule has 0 radical (unpaired) electrons. The maximum absolute atomic E-state index is 11.8. The molecule has 16 heavy (non-hydrogen) atoms. The van der Waals surface area contributed by atoms with Crippen molar-refractivity contribution in [3.8, 4) is 0 Å². The molecule has 0 aromatic carbocycles. The fraction of sp³-hybridized carbons (Fsp3) is 0.500. The van der Waals surface area contributed by atoms with Crippen LogP contribution in [0.5, 0.6) is 0 Å². The number of carbonyl (C=O) groups is 1. The van der Waals surface area contributed by atoms with Crippen LogP contribution in [-0.2, 0) is 4.79 Å². The zero-order valence-corrected chi connectivity index (χ0v) is 9.87. The number of hydrogen-bond donors (Lipinski definition) is 2. The highest BCUT2D eigenvalue weighted by atomic mass is 16.2. The normalized spacial score (nSPS) is 19.0. The van der Waals surface area contributed by atoms with Gasteiger partial charge < -0.3 is 10.6 Å². The molecule has 4 heteroatoms. The van der Waals surface area contributed by atoms with Gasteiger partial charge in [0, 0.05) is 6.20 Å². The van der Waals surface area contributed by atoms with E-state index in [4.69, 9.17) is 0 Å². The van der Waals surface area contributed by atoms with Crippen LogP contribution in [0.3, 0.4) is 0 Å². The maximum Gasteiger partial charge on any atom is 0.248 e. The van der Waals surface area contributed by atoms with Gasteiger partial charge in [0.05, 0.1) is 5.69 Å². The molecule has 86 valence electrons. The van der Waals surface area contributed by atoms with Gasteiger partial charge in [-0.25, -0.2) is 4.98 Å². The molecule has 1 atom stereocenters. The average molecular weight is 219 g/mol. The van der Waals surface area contributed by atoms with Crippen LogP contribution in [0.1, 0.15) is 25.8 Å². The second-order valence-corrected chi connectivity index (χ2v) is 4.72. The van der Waals surface area contributed by atoms with E-state index < -0.39 is 0 Å². The van der Waals surface area contributed by atoms with Crippen LogP contribution < -0.4 is 10.6 Å². The first-order valence-electron chi connectivity index (χ1n) is 5.60. The molecule has 0 saturated heterocycles. The predicted octanol–water partition coefficient (Wildman–Crippen LogP) is 2.17. The first-order chi connectivity index (χ1) is 7.56. The molecule has 0 bridgehead atoms. The molecule has 0 saturated carbocycles. The van der Waals surface area contributed by atoms with E-state index in [1.807, 2.05) is 13.0 Å². The molecule has 1 aliphatic heterocycles. The third kappa shape index (κ3) is 2.15. The number of nitrogens with one attached hydrogen (secondary N) is 2. The zero-order valence-electron chi connectivity index (χ0n) is 9.87. The van der Waals surface area contributed by atoms with Crippen molar-refractivity contribution < 1.29 is 4.79 Å². The molecule has 2 rings (SSSR count). The van der Waals surface area contributed by atoms with Gasteiger partial charge >= 0.3 is 0 Å². The Balaban J connectivity index is 2.22. The van der Waals surface area contributed by atoms with Gasteiger partial charge in [0.15, 0.2) is 5.82 Å². The van der Waals surface area contributed by atoms with E-state index in [1.165, 1.54) is 0 Å². The van der Waals surface area contributed by atoms with Gasteiger partial charge in [-0.3, -0.25) is 4.79 Å². The number of hydrogen-bond acceptors (Lipinski definition) is 3. The monoisotopic (exact) mass is 219 g/mol. The fourth-order valence-electron chi connectivity index (χ4n) is 1.87. The van der Waals surface area contributed by atoms with Crippen LogP contribution in [0, 0.1) is 12.8 Å². The molecular weight excluding hydrogens is 202 g/mol. The summed E-state index contributed by atoms with van der Waals surface area (Å²) in [5.41, 5.74) is 2.01. The summed E-state index contributed by atoms with van der Waals surface area (Å²) >= 11 is 0. The number of fused-ring (bicyclic) bond motifs is 1. The minimum absolute atomic E-state index is 0.0116. The number of rotatable bonds is 2. The van der Waals surface area contributed by atoms with Gasteiger partial charge in [0.25, 0.3) is 0 Å². The topological polar surface area (TPSA) is 54.0 Å². The Morgan fingerprint density at radius 2 is 2.25 bits per heavy atom. The Morgan fingerprint density at radius 1 is 1.50 bits per heavy atom. The Labute approximate surface area is 95.5 Å². The lowest BCUT2D eigenvalue weighted by Gasteiger charge is -2.27. The molecule has 0 aliphatic carbocycles. The van der Waals surface area contributed by atoms with Crippen molar-refractivity contribution in [2.75, 3.05) is 10.6 Å². The molecule has 1 aliphatic rings. The molecule has 2 N–H and O–H groups in total. The predicted molar refractivity (Wildman–Crippen MR) is 64.5 cm³/mol. The number of aryl methyl sites for hydroxylation is 1. The smallest absolute Gasteiger partial charge is 0.248 e. The number of carbonyl (C=O) groups excluding carboxylic acids is 1. The molecule has 0 fully saturated rings. The van der Waals surface area contributed by atoms with Crippen molar-refractivity contribution in [1.29, 1.82) is 0 Å². The van der Waals surface area contributed by atoms with Crippen LogP contribution in [-0.4, -0.2) is 16.9 Å². The summed E-state index contributed by atoms with van der Waals surface area (Å²) in [6.07, 6.45) is 2.59. The van der Waals surface area contributed by atoms with Gasteiger partial charge in [-0.05, 0) is 30.9 Å². The van der Waals surface area contributed by atoms with Crippen molar-refractivity contribution in [1.82, 2.24) is 4.98 Å². The molecule has 2 heterocycles. The second kappa shape index (κ2) is 4.12. The minimum atomic E-state index is -0.143. The molecule has 0 unspecified atom stereocenters. The summed E-state index contributed by atoms with van der Waals surface area (Å²) in [5, 5.41) is 6.07. The number of anilines is 2. The zero-order chi connectivity index (χ0) is 11.7. The standard InChI is InChI=1S/C12H17N3O/c1-7(2)4-10-12(16)15-11-9(14-10)5-8(3)6-13-11/h5-7,10,14H,4H2,1-3H3,(H,13,15,16)/t10-/m0/s1. The lowest BCUT2D eigenvalue weighted by molar-refractivity contribution is -0.117. The Bertz CT molecular complexity index is 415. The van der Waals surface area contributed by atoms with Crippen molar-refractivity contribution in [2.24, 2.45) is 5.92 Å². The van der Waals surface area contributed by atoms with E-state index in [1.54, 1.807) is 6.20 Å². The highest BCUT2D eigenvalue weighted by molar-refractivity contribution is 6.01. The Hall–Kier alpha value is -1.58. The molecule has 0 spiro atoms. The third-order valence-corrected chi connectivity index (χ3v) is 2.62. The van der Waals surface area contributed by atoms with Gasteiger partial charge in [0.2, 0.25) is 5.91 Å². The van der Waals surface area contributed by atoms with E-state index in [0.29, 0.717) is 11.7 Å². The quantitative estimate of drug-likeness (QED) is 0.801. The van der Waals surface area contributed by atoms with Gasteiger partial charge in [-0.15, -0.1) is 0 Å². The van der Waals surface area contributed by atoms with E-state index >= 15 is 0 Å². The lowest BCUT2D eigenvalue weighted by Crippen LogP contribution is -2.40. The molecular formula is C12H17N3O. The average Bonchev–Trinajstić information content (AvgIpc) is 2.19. The highest BCUT2D eigenvalue weighted by Crippen LogP contribution is 2.26. The van der Waals surface area contributed by atoms with Crippen LogP contribution in [0.25, 0.3) is 0 Å². The summed E-state index contributed by atoms with van der Waals surface area (Å²) in [6, 6.07) is 1.87. The van der Waals surface area contributed by atoms with Gasteiger partial charge in [-0.2, -0.15) is 0 Å². The Morgan fingerprint density at radius 3 is 2.94 bits per heavy atom. The number of pyridine rings is 1. The molecule has 1 aromatic rings. The third-order valence-electron chi connectivity index (χ3n) is 2.62. The summed E-state index contributed by atoms with van der Waals surface area (Å²) in [5.74, 6) is 1.13. The number of nitrogens with zero attached hydrogens (tertiary/aromatic N) is 1. The van der Waals surface area contributed by atoms with Crippen molar-refractivity contribution in [3.05, 3.63) is 17.8 Å². The van der Waals surface area contributed by atoms with Gasteiger partial charge in [0.1, 0.15) is 6.04 Å². The first-order valence-corrected chi connectivity index (χ1v) is 5.60. The Kier molecular flexibility index (Phi) is 2.81. The van der Waals surface area contributed by atoms with E-state index in [0.717, 1.165) is 17.7 Å². The van der Waals surface area contributed by atoms with Gasteiger partial charge in [-0.1, -0.05) is 13.8 Å². The second-order valence-electron chi connectivity index (χ2n) is 4.72. The number of amides is 1. The van der Waals surface area contributed by atoms with E-state index in [9.17, 15) is 4.79 Å². The number of aromatic nitrogens is 1. The van der Waals surface area contributed by atoms with Crippen LogP contribution in [0.4, 0.5) is 11.5 Å². The van der Waals surface area contributed by atoms with E-state index in [-0.39, 0.29) is 11.9 Å². The molecule has 1 amide bonds. The summed E-state index contributed by atoms with van der Waals surface area (Å²) in [7, 11) is 0. The van der Waals surface area contributed by atoms with Crippen LogP contribution in [0.15, 0.2) is 12.3 Å². The first kappa shape index (κ1) is 10.9. The molecule has 1 aromatic heterocycles. The highest BCUT2D eigenvalue weighted by Gasteiger charge is 2.26. The summed E-state index contributed by atoms with van der Waals surface area (Å²) < 4.78 is 0. The molecule has 4 nitrogen and oxygen atoms in total. The largest absolute Gasteiger partial charge is 0.371 e. The van der Waals surface area contributed by atoms with Crippen molar-refractivity contribution >= 4 is 17.4 Å². The summed E-state index contributed by atoms with van der Waals surface area (Å²) in [6.45, 7) is 6.21. The lowest BCUT2D eigenvalue weighted by atomic mass is 10.0. The maximum atomic E-state index is 11.8. The van der Waals surface area contributed by atoms with Crippen LogP contribution >= 0.6 is 0 Å². The van der Waals surface area contributed by atoms with Crippen molar-refractivity contribution in [3.63, 3.8) is 0 Å². The fourth-order valence-corrected chi connectivity index (χ4v) is 1.87. The van der Waals surface area contributed by atoms with Crippen LogP contribution in [0.2, 0.25) is 0 Å².